The minimum atomic E-state index is -4.45. The summed E-state index contributed by atoms with van der Waals surface area (Å²) >= 11 is 1.38. The standard InChI is InChI=1S/C21H24F3N5O3S.C18H21NO5.C17H19NO5.2C17H17NO5/c1-9-15(19-28-12-5-3-4-6-14(12)33-19)18(29-20(26-9)25-8-21(22,23)24)27-13-7-11(10(2)30)16(31)17(13)32;1-9(20)12-8-13(15-14(12)23-18(2,3)24-15)19-16(21)10-6-4-5-7-11(10)17(19)22;3*1-17(2)22-13-9(8-19)7-12(14(13)23-17)18-15(20)10-5-3-4-6-11(10)16(18)21/h3-6,10-11,13,16-17,30-32H,7-8H2,1-2H3,(H2,25,26,27,29);4-7,9,12-15,20H,8H2,1-3H3;3-6,9,12-14,19H,7-8H2,1-2H3;2*3-6,8-9,12-14H,7H2,1-2H3/t10?,11-,13-,16-,17+;9?,12-,13-,14-,15+;9-,12-,13-,14+;9-,12+,13+,14-;9-,12-,13-,14+/m11101/s1. The second-order valence-corrected chi connectivity index (χ2v) is 36.7. The van der Waals surface area contributed by atoms with E-state index >= 15 is 0 Å². The van der Waals surface area contributed by atoms with Crippen LogP contribution in [0, 0.1) is 36.5 Å². The summed E-state index contributed by atoms with van der Waals surface area (Å²) in [6.45, 7) is 17.8. The Bertz CT molecular complexity index is 5200. The fourth-order valence-corrected chi connectivity index (χ4v) is 21.1. The first-order valence-corrected chi connectivity index (χ1v) is 42.8. The molecule has 2 unspecified atom stereocenters. The number of hydrogen-bond acceptors (Lipinski definition) is 29. The number of benzene rings is 5. The minimum absolute atomic E-state index is 0.0553. The van der Waals surface area contributed by atoms with Crippen LogP contribution in [0.5, 0.6) is 0 Å². The Labute approximate surface area is 725 Å². The highest BCUT2D eigenvalue weighted by molar-refractivity contribution is 7.21. The summed E-state index contributed by atoms with van der Waals surface area (Å²) in [4.78, 5) is 142. The van der Waals surface area contributed by atoms with Crippen LogP contribution in [0.2, 0.25) is 0 Å². The molecule has 5 aromatic carbocycles. The Kier molecular flexibility index (Phi) is 23.9. The SMILES string of the molecule is CC(O)[C@H]1C[C@@H](N2C(=O)c3ccccc3C2=O)[C@@H]2OC(C)(C)O[C@@H]21.CC1(C)O[C@@H]2[C@@H](CO)C[C@@H](N3C(=O)c4ccccc4C3=O)[C@@H]2O1.CC1(C)O[C@@H]2[C@H](O1)[C@@H](C=O)C[C@H]2N1C(=O)c2ccccc2C1=O.CC1(C)O[C@@H]2[C@H](O1)[C@H](C=O)C[C@H]2N1C(=O)c2ccccc2C1=O.Cc1nc(NCC(F)(F)F)nc(N[C@@H]2C[C@H](C(C)O)[C@@H](O)[C@H]2O)c1-c1nc2ccccc2s1. The summed E-state index contributed by atoms with van der Waals surface area (Å²) in [7, 11) is 0. The van der Waals surface area contributed by atoms with E-state index in [-0.39, 0.29) is 108 Å². The average Bonchev–Trinajstić information content (AvgIpc) is 1.59. The Hall–Kier alpha value is -10.2. The maximum absolute atomic E-state index is 12.8. The third-order valence-corrected chi connectivity index (χ3v) is 26.6. The topological polar surface area (TPSA) is 421 Å². The molecule has 0 bridgehead atoms. The van der Waals surface area contributed by atoms with Gasteiger partial charge in [-0.3, -0.25) is 58.0 Å². The second-order valence-electron chi connectivity index (χ2n) is 35.7. The molecule has 36 heteroatoms. The number of fused-ring (bicyclic) bond motifs is 9. The lowest BCUT2D eigenvalue weighted by Crippen LogP contribution is -2.46. The zero-order valence-corrected chi connectivity index (χ0v) is 71.4. The summed E-state index contributed by atoms with van der Waals surface area (Å²) in [5.74, 6) is -7.36. The van der Waals surface area contributed by atoms with Gasteiger partial charge in [0.25, 0.3) is 47.3 Å². The van der Waals surface area contributed by atoms with Crippen molar-refractivity contribution >= 4 is 93.1 Å². The van der Waals surface area contributed by atoms with Gasteiger partial charge in [0.1, 0.15) is 60.5 Å². The maximum Gasteiger partial charge on any atom is 0.405 e. The van der Waals surface area contributed by atoms with Gasteiger partial charge in [0.2, 0.25) is 5.95 Å². The minimum Gasteiger partial charge on any atom is -0.396 e. The predicted molar refractivity (Wildman–Crippen MR) is 441 cm³/mol. The van der Waals surface area contributed by atoms with Crippen LogP contribution in [0.15, 0.2) is 121 Å². The number of carbonyl (C=O) groups is 10. The number of imide groups is 4. The fourth-order valence-electron chi connectivity index (χ4n) is 20.0. The molecule has 22 atom stereocenters. The number of aromatic nitrogens is 3. The van der Waals surface area contributed by atoms with E-state index in [2.05, 4.69) is 25.6 Å². The van der Waals surface area contributed by atoms with Crippen molar-refractivity contribution < 1.29 is 125 Å². The van der Waals surface area contributed by atoms with Gasteiger partial charge < -0.3 is 83.7 Å². The highest BCUT2D eigenvalue weighted by atomic mass is 32.1. The number of nitrogens with zero attached hydrogens (tertiary/aromatic N) is 7. The van der Waals surface area contributed by atoms with Gasteiger partial charge in [-0.05, 0) is 169 Å². The molecule has 5 aliphatic carbocycles. The fraction of sp³-hybridized carbons (Fsp3) is 0.500. The third-order valence-electron chi connectivity index (χ3n) is 25.5. The first-order valence-electron chi connectivity index (χ1n) is 42.0. The van der Waals surface area contributed by atoms with Gasteiger partial charge in [-0.25, -0.2) is 9.97 Å². The van der Waals surface area contributed by atoms with E-state index in [0.29, 0.717) is 86.5 Å². The summed E-state index contributed by atoms with van der Waals surface area (Å²) in [5.41, 5.74) is 4.99. The average molecular weight is 1760 g/mol. The van der Waals surface area contributed by atoms with Gasteiger partial charge in [-0.15, -0.1) is 11.3 Å². The monoisotopic (exact) mass is 1760 g/mol. The number of alkyl halides is 3. The van der Waals surface area contributed by atoms with Crippen LogP contribution in [0.4, 0.5) is 24.9 Å². The van der Waals surface area contributed by atoms with Crippen LogP contribution in [-0.2, 0) is 47.5 Å². The van der Waals surface area contributed by atoms with Crippen molar-refractivity contribution in [1.29, 1.82) is 0 Å². The van der Waals surface area contributed by atoms with E-state index in [9.17, 15) is 86.6 Å². The normalized spacial score (nSPS) is 32.1. The van der Waals surface area contributed by atoms with E-state index < -0.39 is 133 Å². The molecule has 7 aromatic rings. The van der Waals surface area contributed by atoms with E-state index in [1.165, 1.54) is 37.9 Å². The summed E-state index contributed by atoms with van der Waals surface area (Å²) in [6.07, 6.45) is -7.83. The molecule has 20 rings (SSSR count). The summed E-state index contributed by atoms with van der Waals surface area (Å²) in [5, 5.41) is 56.3. The summed E-state index contributed by atoms with van der Waals surface area (Å²) < 4.78 is 86.3. The number of ether oxygens (including phenoxy) is 8. The van der Waals surface area contributed by atoms with E-state index in [0.717, 1.165) is 22.8 Å². The number of carbonyl (C=O) groups excluding carboxylic acids is 10. The van der Waals surface area contributed by atoms with E-state index in [4.69, 9.17) is 37.9 Å². The van der Waals surface area contributed by atoms with Gasteiger partial charge in [0.05, 0.1) is 139 Å². The van der Waals surface area contributed by atoms with E-state index in [1.807, 2.05) is 38.1 Å². The molecule has 7 N–H and O–H groups in total. The van der Waals surface area contributed by atoms with Gasteiger partial charge in [0, 0.05) is 36.2 Å². The molecule has 4 saturated heterocycles. The quantitative estimate of drug-likeness (QED) is 0.0396. The number of nitrogens with one attached hydrogen (secondary N) is 2. The lowest BCUT2D eigenvalue weighted by atomic mass is 9.99. The lowest BCUT2D eigenvalue weighted by molar-refractivity contribution is -0.164. The van der Waals surface area contributed by atoms with Crippen LogP contribution >= 0.6 is 11.3 Å². The van der Waals surface area contributed by atoms with Crippen LogP contribution in [0.3, 0.4) is 0 Å². The van der Waals surface area contributed by atoms with Crippen molar-refractivity contribution in [2.24, 2.45) is 29.6 Å². The highest BCUT2D eigenvalue weighted by Crippen LogP contribution is 2.51. The lowest BCUT2D eigenvalue weighted by Gasteiger charge is -2.28. The molecular weight excluding hydrogens is 1660 g/mol. The molecular formula is C90H98F3N9O23S. The number of anilines is 2. The van der Waals surface area contributed by atoms with Gasteiger partial charge in [-0.1, -0.05) is 60.7 Å². The molecule has 0 radical (unpaired) electrons. The molecule has 126 heavy (non-hydrogen) atoms. The van der Waals surface area contributed by atoms with Gasteiger partial charge >= 0.3 is 6.18 Å². The molecule has 9 fully saturated rings. The number of thiazole rings is 1. The zero-order chi connectivity index (χ0) is 90.2. The number of halogens is 3. The van der Waals surface area contributed by atoms with Crippen molar-refractivity contribution in [2.75, 3.05) is 23.8 Å². The first kappa shape index (κ1) is 89.2. The number of hydrogen-bond donors (Lipinski definition) is 7. The van der Waals surface area contributed by atoms with Crippen LogP contribution < -0.4 is 10.6 Å². The van der Waals surface area contributed by atoms with Crippen molar-refractivity contribution in [2.45, 2.75) is 241 Å². The maximum atomic E-state index is 12.8. The van der Waals surface area contributed by atoms with Crippen LogP contribution in [0.25, 0.3) is 20.8 Å². The molecule has 10 heterocycles. The Morgan fingerprint density at radius 1 is 0.460 bits per heavy atom. The van der Waals surface area contributed by atoms with Crippen molar-refractivity contribution in [3.05, 3.63) is 172 Å². The molecule has 8 aliphatic heterocycles. The number of para-hydroxylation sites is 1. The van der Waals surface area contributed by atoms with E-state index in [1.54, 1.807) is 152 Å². The Balaban J connectivity index is 0.000000117. The summed E-state index contributed by atoms with van der Waals surface area (Å²) in [6, 6.07) is 32.2. The van der Waals surface area contributed by atoms with Crippen LogP contribution in [0.1, 0.15) is 190 Å². The number of amides is 8. The molecule has 5 saturated carbocycles. The predicted octanol–water partition coefficient (Wildman–Crippen LogP) is 8.47. The van der Waals surface area contributed by atoms with Crippen molar-refractivity contribution in [3.63, 3.8) is 0 Å². The molecule has 13 aliphatic rings. The smallest absolute Gasteiger partial charge is 0.396 e. The highest BCUT2D eigenvalue weighted by Gasteiger charge is 2.64. The third kappa shape index (κ3) is 16.5. The van der Waals surface area contributed by atoms with Crippen molar-refractivity contribution in [1.82, 2.24) is 34.6 Å². The van der Waals surface area contributed by atoms with Gasteiger partial charge in [-0.2, -0.15) is 18.2 Å². The zero-order valence-electron chi connectivity index (χ0n) is 70.6. The first-order chi connectivity index (χ1) is 59.6. The Morgan fingerprint density at radius 2 is 0.802 bits per heavy atom. The molecule has 32 nitrogen and oxygen atoms in total. The number of aliphatic hydroxyl groups excluding tert-OH is 5. The largest absolute Gasteiger partial charge is 0.405 e. The molecule has 8 amide bonds. The molecule has 0 spiro atoms. The number of rotatable bonds is 14. The molecule has 668 valence electrons. The number of aryl methyl sites for hydroxylation is 1. The molecule has 2 aromatic heterocycles. The van der Waals surface area contributed by atoms with Crippen molar-refractivity contribution in [3.8, 4) is 10.6 Å². The van der Waals surface area contributed by atoms with Crippen LogP contribution in [-0.4, -0.2) is 266 Å². The second kappa shape index (κ2) is 33.8. The number of aldehydes is 2. The van der Waals surface area contributed by atoms with Gasteiger partial charge in [0.15, 0.2) is 23.1 Å². The Morgan fingerprint density at radius 3 is 1.17 bits per heavy atom. The number of aliphatic hydroxyl groups is 5.